The molecule has 0 spiro atoms. The molecule has 0 aliphatic heterocycles. The van der Waals surface area contributed by atoms with E-state index in [1.54, 1.807) is 16.4 Å². The highest BCUT2D eigenvalue weighted by Gasteiger charge is 2.18. The van der Waals surface area contributed by atoms with Crippen LogP contribution >= 0.6 is 11.8 Å². The van der Waals surface area contributed by atoms with Crippen LogP contribution in [0.3, 0.4) is 0 Å². The van der Waals surface area contributed by atoms with Crippen LogP contribution in [0, 0.1) is 25.2 Å². The number of aryl methyl sites for hydroxylation is 1. The van der Waals surface area contributed by atoms with E-state index in [0.717, 1.165) is 34.1 Å². The summed E-state index contributed by atoms with van der Waals surface area (Å²) in [6.07, 6.45) is 0. The lowest BCUT2D eigenvalue weighted by Crippen LogP contribution is -2.26. The standard InChI is InChI=1S/C22H22N4OS/c1-16-21(17(2)26(25-16)20-10-4-3-5-11-20)22(27)24-12-13-28-15-19-9-7-6-8-18(19)14-23/h3-11H,12-13,15H2,1-2H3,(H,24,27). The zero-order valence-electron chi connectivity index (χ0n) is 16.0. The predicted octanol–water partition coefficient (Wildman–Crippen LogP) is 4.02. The van der Waals surface area contributed by atoms with Gasteiger partial charge in [0.2, 0.25) is 0 Å². The van der Waals surface area contributed by atoms with E-state index >= 15 is 0 Å². The lowest BCUT2D eigenvalue weighted by molar-refractivity contribution is 0.0955. The van der Waals surface area contributed by atoms with E-state index in [4.69, 9.17) is 5.26 Å². The highest BCUT2D eigenvalue weighted by atomic mass is 32.2. The highest BCUT2D eigenvalue weighted by Crippen LogP contribution is 2.18. The number of nitrogens with zero attached hydrogens (tertiary/aromatic N) is 3. The Bertz CT molecular complexity index is 1010. The van der Waals surface area contributed by atoms with Gasteiger partial charge in [-0.2, -0.15) is 22.1 Å². The molecule has 3 rings (SSSR count). The topological polar surface area (TPSA) is 70.7 Å². The van der Waals surface area contributed by atoms with Crippen LogP contribution in [0.25, 0.3) is 5.69 Å². The third-order valence-corrected chi connectivity index (χ3v) is 5.45. The summed E-state index contributed by atoms with van der Waals surface area (Å²) in [7, 11) is 0. The Morgan fingerprint density at radius 1 is 1.14 bits per heavy atom. The average molecular weight is 391 g/mol. The molecule has 0 aliphatic rings. The third kappa shape index (κ3) is 4.44. The summed E-state index contributed by atoms with van der Waals surface area (Å²) < 4.78 is 1.80. The lowest BCUT2D eigenvalue weighted by Gasteiger charge is -2.07. The maximum atomic E-state index is 12.6. The largest absolute Gasteiger partial charge is 0.351 e. The van der Waals surface area contributed by atoms with Gasteiger partial charge >= 0.3 is 0 Å². The highest BCUT2D eigenvalue weighted by molar-refractivity contribution is 7.98. The van der Waals surface area contributed by atoms with Crippen molar-refractivity contribution in [1.82, 2.24) is 15.1 Å². The fourth-order valence-corrected chi connectivity index (χ4v) is 3.92. The number of carbonyl (C=O) groups excluding carboxylic acids is 1. The minimum atomic E-state index is -0.102. The molecule has 0 saturated carbocycles. The van der Waals surface area contributed by atoms with E-state index in [0.29, 0.717) is 17.7 Å². The van der Waals surface area contributed by atoms with Crippen LogP contribution in [0.1, 0.15) is 32.9 Å². The molecule has 142 valence electrons. The van der Waals surface area contributed by atoms with Gasteiger partial charge in [-0.05, 0) is 37.6 Å². The zero-order valence-corrected chi connectivity index (χ0v) is 16.8. The van der Waals surface area contributed by atoms with Gasteiger partial charge < -0.3 is 5.32 Å². The van der Waals surface area contributed by atoms with E-state index < -0.39 is 0 Å². The smallest absolute Gasteiger partial charge is 0.255 e. The molecule has 28 heavy (non-hydrogen) atoms. The van der Waals surface area contributed by atoms with Gasteiger partial charge in [0.15, 0.2) is 0 Å². The van der Waals surface area contributed by atoms with Crippen molar-refractivity contribution in [1.29, 1.82) is 5.26 Å². The van der Waals surface area contributed by atoms with Crippen LogP contribution in [0.4, 0.5) is 0 Å². The number of thioether (sulfide) groups is 1. The van der Waals surface area contributed by atoms with Crippen LogP contribution in [0.15, 0.2) is 54.6 Å². The van der Waals surface area contributed by atoms with Crippen molar-refractivity contribution >= 4 is 17.7 Å². The molecule has 2 aromatic carbocycles. The van der Waals surface area contributed by atoms with Gasteiger partial charge in [-0.3, -0.25) is 4.79 Å². The third-order valence-electron chi connectivity index (χ3n) is 4.45. The fraction of sp³-hybridized carbons (Fsp3) is 0.227. The number of para-hydroxylation sites is 1. The first-order valence-corrected chi connectivity index (χ1v) is 10.2. The minimum Gasteiger partial charge on any atom is -0.351 e. The maximum Gasteiger partial charge on any atom is 0.255 e. The molecule has 0 aliphatic carbocycles. The monoisotopic (exact) mass is 390 g/mol. The van der Waals surface area contributed by atoms with Crippen molar-refractivity contribution in [3.8, 4) is 11.8 Å². The van der Waals surface area contributed by atoms with Gasteiger partial charge in [-0.1, -0.05) is 36.4 Å². The molecule has 1 aromatic heterocycles. The Morgan fingerprint density at radius 2 is 1.86 bits per heavy atom. The van der Waals surface area contributed by atoms with Crippen molar-refractivity contribution in [3.05, 3.63) is 82.7 Å². The number of rotatable bonds is 7. The lowest BCUT2D eigenvalue weighted by atomic mass is 10.1. The first-order valence-electron chi connectivity index (χ1n) is 9.07. The average Bonchev–Trinajstić information content (AvgIpc) is 3.02. The Hall–Kier alpha value is -3.04. The first kappa shape index (κ1) is 19.7. The summed E-state index contributed by atoms with van der Waals surface area (Å²) in [4.78, 5) is 12.6. The first-order chi connectivity index (χ1) is 13.6. The van der Waals surface area contributed by atoms with Gasteiger partial charge in [0.05, 0.1) is 34.3 Å². The summed E-state index contributed by atoms with van der Waals surface area (Å²) in [5, 5.41) is 16.6. The second-order valence-electron chi connectivity index (χ2n) is 6.37. The molecule has 0 fully saturated rings. The molecule has 0 bridgehead atoms. The maximum absolute atomic E-state index is 12.6. The number of nitrogens with one attached hydrogen (secondary N) is 1. The number of benzene rings is 2. The minimum absolute atomic E-state index is 0.102. The second-order valence-corrected chi connectivity index (χ2v) is 7.48. The van der Waals surface area contributed by atoms with Crippen molar-refractivity contribution in [2.24, 2.45) is 0 Å². The molecule has 1 heterocycles. The van der Waals surface area contributed by atoms with Crippen molar-refractivity contribution < 1.29 is 4.79 Å². The van der Waals surface area contributed by atoms with Gasteiger partial charge in [0.25, 0.3) is 5.91 Å². The Balaban J connectivity index is 1.56. The Labute approximate surface area is 169 Å². The Morgan fingerprint density at radius 3 is 2.61 bits per heavy atom. The van der Waals surface area contributed by atoms with Gasteiger partial charge in [0, 0.05) is 18.1 Å². The molecule has 5 nitrogen and oxygen atoms in total. The van der Waals surface area contributed by atoms with E-state index in [-0.39, 0.29) is 5.91 Å². The molecular weight excluding hydrogens is 368 g/mol. The predicted molar refractivity (Wildman–Crippen MR) is 113 cm³/mol. The quantitative estimate of drug-likeness (QED) is 0.619. The molecule has 1 N–H and O–H groups in total. The number of carbonyl (C=O) groups is 1. The van der Waals surface area contributed by atoms with Crippen molar-refractivity contribution in [3.63, 3.8) is 0 Å². The van der Waals surface area contributed by atoms with E-state index in [2.05, 4.69) is 16.5 Å². The fourth-order valence-electron chi connectivity index (χ4n) is 3.05. The van der Waals surface area contributed by atoms with Crippen LogP contribution in [-0.2, 0) is 5.75 Å². The summed E-state index contributed by atoms with van der Waals surface area (Å²) in [5.74, 6) is 1.43. The van der Waals surface area contributed by atoms with Crippen molar-refractivity contribution in [2.45, 2.75) is 19.6 Å². The van der Waals surface area contributed by atoms with Crippen LogP contribution < -0.4 is 5.32 Å². The molecule has 1 amide bonds. The molecule has 0 unspecified atom stereocenters. The molecule has 3 aromatic rings. The number of nitriles is 1. The van der Waals surface area contributed by atoms with Crippen LogP contribution in [0.2, 0.25) is 0 Å². The zero-order chi connectivity index (χ0) is 19.9. The SMILES string of the molecule is Cc1nn(-c2ccccc2)c(C)c1C(=O)NCCSCc1ccccc1C#N. The van der Waals surface area contributed by atoms with Gasteiger partial charge in [-0.25, -0.2) is 4.68 Å². The Kier molecular flexibility index (Phi) is 6.51. The van der Waals surface area contributed by atoms with E-state index in [1.165, 1.54) is 0 Å². The molecule has 0 radical (unpaired) electrons. The second kappa shape index (κ2) is 9.25. The summed E-state index contributed by atoms with van der Waals surface area (Å²) in [5.41, 5.74) is 4.85. The van der Waals surface area contributed by atoms with E-state index in [9.17, 15) is 4.79 Å². The number of aromatic nitrogens is 2. The van der Waals surface area contributed by atoms with Crippen molar-refractivity contribution in [2.75, 3.05) is 12.3 Å². The molecule has 0 saturated heterocycles. The number of amides is 1. The number of hydrogen-bond donors (Lipinski definition) is 1. The van der Waals surface area contributed by atoms with Crippen LogP contribution in [0.5, 0.6) is 0 Å². The summed E-state index contributed by atoms with van der Waals surface area (Å²) in [6, 6.07) is 19.6. The molecular formula is C22H22N4OS. The van der Waals surface area contributed by atoms with Gasteiger partial charge in [0.1, 0.15) is 0 Å². The normalized spacial score (nSPS) is 10.5. The molecule has 6 heteroatoms. The van der Waals surface area contributed by atoms with Crippen LogP contribution in [-0.4, -0.2) is 28.0 Å². The summed E-state index contributed by atoms with van der Waals surface area (Å²) in [6.45, 7) is 4.33. The molecule has 0 atom stereocenters. The van der Waals surface area contributed by atoms with E-state index in [1.807, 2.05) is 68.4 Å². The number of hydrogen-bond acceptors (Lipinski definition) is 4. The summed E-state index contributed by atoms with van der Waals surface area (Å²) >= 11 is 1.70. The van der Waals surface area contributed by atoms with Gasteiger partial charge in [-0.15, -0.1) is 0 Å².